The van der Waals surface area contributed by atoms with Crippen molar-refractivity contribution in [2.24, 2.45) is 0 Å². The predicted molar refractivity (Wildman–Crippen MR) is 78.5 cm³/mol. The molecule has 0 aliphatic carbocycles. The van der Waals surface area contributed by atoms with Crippen LogP contribution in [0.5, 0.6) is 0 Å². The van der Waals surface area contributed by atoms with Gasteiger partial charge in [0.05, 0.1) is 11.0 Å². The van der Waals surface area contributed by atoms with Crippen molar-refractivity contribution in [2.75, 3.05) is 0 Å². The molecule has 0 N–H and O–H groups in total. The first kappa shape index (κ1) is 10.9. The van der Waals surface area contributed by atoms with E-state index in [-0.39, 0.29) is 0 Å². The van der Waals surface area contributed by atoms with Crippen LogP contribution in [0.3, 0.4) is 0 Å². The zero-order valence-electron chi connectivity index (χ0n) is 8.95. The van der Waals surface area contributed by atoms with E-state index in [4.69, 9.17) is 11.6 Å². The standard InChI is InChI=1S/C14H9BrClN/c1-2-17-13-5-3-9(15)7-11(13)12-8-10(16)4-6-14(12)17/h2-8H,1H2. The van der Waals surface area contributed by atoms with Crippen LogP contribution in [0.1, 0.15) is 0 Å². The number of hydrogen-bond donors (Lipinski definition) is 0. The molecule has 0 spiro atoms. The fourth-order valence-corrected chi connectivity index (χ4v) is 2.73. The highest BCUT2D eigenvalue weighted by Gasteiger charge is 2.09. The fourth-order valence-electron chi connectivity index (χ4n) is 2.19. The van der Waals surface area contributed by atoms with E-state index in [2.05, 4.69) is 39.2 Å². The minimum Gasteiger partial charge on any atom is -0.317 e. The Kier molecular flexibility index (Phi) is 2.49. The van der Waals surface area contributed by atoms with E-state index in [0.29, 0.717) is 0 Å². The van der Waals surface area contributed by atoms with Gasteiger partial charge in [-0.25, -0.2) is 0 Å². The molecule has 17 heavy (non-hydrogen) atoms. The van der Waals surface area contributed by atoms with Gasteiger partial charge in [0.1, 0.15) is 0 Å². The van der Waals surface area contributed by atoms with Crippen LogP contribution < -0.4 is 0 Å². The normalized spacial score (nSPS) is 11.2. The summed E-state index contributed by atoms with van der Waals surface area (Å²) in [5.74, 6) is 0. The largest absolute Gasteiger partial charge is 0.317 e. The molecule has 0 bridgehead atoms. The van der Waals surface area contributed by atoms with Gasteiger partial charge in [-0.2, -0.15) is 0 Å². The Hall–Kier alpha value is -1.25. The van der Waals surface area contributed by atoms with Gasteiger partial charge in [0, 0.05) is 26.5 Å². The summed E-state index contributed by atoms with van der Waals surface area (Å²) in [5.41, 5.74) is 2.26. The Morgan fingerprint density at radius 2 is 1.71 bits per heavy atom. The molecule has 3 rings (SSSR count). The van der Waals surface area contributed by atoms with Crippen molar-refractivity contribution >= 4 is 55.5 Å². The van der Waals surface area contributed by atoms with Gasteiger partial charge in [-0.1, -0.05) is 34.1 Å². The van der Waals surface area contributed by atoms with Gasteiger partial charge >= 0.3 is 0 Å². The molecule has 0 aliphatic rings. The summed E-state index contributed by atoms with van der Waals surface area (Å²) in [7, 11) is 0. The molecule has 2 aromatic carbocycles. The second kappa shape index (κ2) is 3.90. The first-order chi connectivity index (χ1) is 8.20. The zero-order valence-corrected chi connectivity index (χ0v) is 11.3. The van der Waals surface area contributed by atoms with Crippen LogP contribution in [0.4, 0.5) is 0 Å². The quantitative estimate of drug-likeness (QED) is 0.574. The third-order valence-corrected chi connectivity index (χ3v) is 3.64. The highest BCUT2D eigenvalue weighted by molar-refractivity contribution is 9.10. The maximum absolute atomic E-state index is 6.06. The Morgan fingerprint density at radius 1 is 1.06 bits per heavy atom. The first-order valence-corrected chi connectivity index (χ1v) is 6.39. The Labute approximate surface area is 112 Å². The van der Waals surface area contributed by atoms with Gasteiger partial charge < -0.3 is 4.57 Å². The Morgan fingerprint density at radius 3 is 2.41 bits per heavy atom. The lowest BCUT2D eigenvalue weighted by Gasteiger charge is -1.98. The number of fused-ring (bicyclic) bond motifs is 3. The third-order valence-electron chi connectivity index (χ3n) is 2.91. The number of aromatic nitrogens is 1. The number of rotatable bonds is 1. The minimum absolute atomic E-state index is 0.751. The van der Waals surface area contributed by atoms with Gasteiger partial charge in [-0.3, -0.25) is 0 Å². The maximum Gasteiger partial charge on any atom is 0.0535 e. The van der Waals surface area contributed by atoms with E-state index in [0.717, 1.165) is 25.9 Å². The summed E-state index contributed by atoms with van der Waals surface area (Å²) in [4.78, 5) is 0. The number of nitrogens with zero attached hydrogens (tertiary/aromatic N) is 1. The van der Waals surface area contributed by atoms with Gasteiger partial charge in [-0.05, 0) is 36.4 Å². The molecule has 1 aromatic heterocycles. The molecule has 0 amide bonds. The molecule has 3 heteroatoms. The predicted octanol–water partition coefficient (Wildman–Crippen LogP) is 5.31. The molecule has 0 saturated carbocycles. The molecular formula is C14H9BrClN. The van der Waals surface area contributed by atoms with Gasteiger partial charge in [0.2, 0.25) is 0 Å². The molecule has 1 heterocycles. The Balaban J connectivity index is 2.61. The van der Waals surface area contributed by atoms with Crippen molar-refractivity contribution < 1.29 is 0 Å². The third kappa shape index (κ3) is 1.60. The second-order valence-corrected chi connectivity index (χ2v) is 5.23. The van der Waals surface area contributed by atoms with E-state index >= 15 is 0 Å². The van der Waals surface area contributed by atoms with Crippen molar-refractivity contribution in [3.05, 3.63) is 52.5 Å². The zero-order chi connectivity index (χ0) is 12.0. The molecular weight excluding hydrogens is 298 g/mol. The van der Waals surface area contributed by atoms with Crippen molar-refractivity contribution in [3.63, 3.8) is 0 Å². The summed E-state index contributed by atoms with van der Waals surface area (Å²) >= 11 is 9.56. The van der Waals surface area contributed by atoms with Crippen molar-refractivity contribution in [3.8, 4) is 0 Å². The topological polar surface area (TPSA) is 4.93 Å². The number of hydrogen-bond acceptors (Lipinski definition) is 0. The SMILES string of the molecule is C=Cn1c2ccc(Cl)cc2c2cc(Br)ccc21. The molecule has 0 radical (unpaired) electrons. The van der Waals surface area contributed by atoms with E-state index < -0.39 is 0 Å². The monoisotopic (exact) mass is 305 g/mol. The van der Waals surface area contributed by atoms with E-state index in [1.165, 1.54) is 5.39 Å². The lowest BCUT2D eigenvalue weighted by molar-refractivity contribution is 1.30. The van der Waals surface area contributed by atoms with Crippen LogP contribution in [0.15, 0.2) is 47.4 Å². The van der Waals surface area contributed by atoms with Crippen LogP contribution in [-0.2, 0) is 0 Å². The van der Waals surface area contributed by atoms with Crippen molar-refractivity contribution in [1.29, 1.82) is 0 Å². The molecule has 0 unspecified atom stereocenters. The van der Waals surface area contributed by atoms with E-state index in [1.807, 2.05) is 30.5 Å². The second-order valence-electron chi connectivity index (χ2n) is 3.88. The van der Waals surface area contributed by atoms with Crippen molar-refractivity contribution in [2.45, 2.75) is 0 Å². The Bertz CT molecular complexity index is 683. The first-order valence-electron chi connectivity index (χ1n) is 5.22. The summed E-state index contributed by atoms with van der Waals surface area (Å²) in [6.07, 6.45) is 1.83. The van der Waals surface area contributed by atoms with Crippen LogP contribution >= 0.6 is 27.5 Å². The summed E-state index contributed by atoms with van der Waals surface area (Å²) < 4.78 is 3.14. The average molecular weight is 307 g/mol. The minimum atomic E-state index is 0.751. The van der Waals surface area contributed by atoms with Gasteiger partial charge in [0.15, 0.2) is 0 Å². The van der Waals surface area contributed by atoms with E-state index in [1.54, 1.807) is 0 Å². The summed E-state index contributed by atoms with van der Waals surface area (Å²) in [6, 6.07) is 12.1. The summed E-state index contributed by atoms with van der Waals surface area (Å²) in [5, 5.41) is 3.08. The van der Waals surface area contributed by atoms with Crippen LogP contribution in [0.25, 0.3) is 28.0 Å². The molecule has 84 valence electrons. The summed E-state index contributed by atoms with van der Waals surface area (Å²) in [6.45, 7) is 3.87. The fraction of sp³-hybridized carbons (Fsp3) is 0. The molecule has 0 saturated heterocycles. The lowest BCUT2D eigenvalue weighted by Crippen LogP contribution is -1.83. The number of halogens is 2. The van der Waals surface area contributed by atoms with Crippen LogP contribution in [0.2, 0.25) is 5.02 Å². The maximum atomic E-state index is 6.06. The van der Waals surface area contributed by atoms with Crippen LogP contribution in [0, 0.1) is 0 Å². The number of benzene rings is 2. The molecule has 0 fully saturated rings. The smallest absolute Gasteiger partial charge is 0.0535 e. The van der Waals surface area contributed by atoms with E-state index in [9.17, 15) is 0 Å². The van der Waals surface area contributed by atoms with Crippen LogP contribution in [-0.4, -0.2) is 4.57 Å². The molecule has 0 atom stereocenters. The van der Waals surface area contributed by atoms with Gasteiger partial charge in [0.25, 0.3) is 0 Å². The molecule has 1 nitrogen and oxygen atoms in total. The highest BCUT2D eigenvalue weighted by atomic mass is 79.9. The van der Waals surface area contributed by atoms with Crippen molar-refractivity contribution in [1.82, 2.24) is 4.57 Å². The lowest BCUT2D eigenvalue weighted by atomic mass is 10.1. The average Bonchev–Trinajstić information content (AvgIpc) is 2.62. The highest BCUT2D eigenvalue weighted by Crippen LogP contribution is 2.32. The molecule has 0 aliphatic heterocycles. The van der Waals surface area contributed by atoms with Gasteiger partial charge in [-0.15, -0.1) is 0 Å². The molecule has 3 aromatic rings.